The van der Waals surface area contributed by atoms with Crippen molar-refractivity contribution in [3.05, 3.63) is 71.9 Å². The zero-order chi connectivity index (χ0) is 15.2. The van der Waals surface area contributed by atoms with Crippen molar-refractivity contribution >= 4 is 5.69 Å². The van der Waals surface area contributed by atoms with Crippen molar-refractivity contribution in [1.82, 2.24) is 10.2 Å². The zero-order valence-corrected chi connectivity index (χ0v) is 12.3. The number of aromatic nitrogens is 2. The molecule has 3 aromatic rings. The lowest BCUT2D eigenvalue weighted by Gasteiger charge is -2.05. The molecule has 0 spiro atoms. The van der Waals surface area contributed by atoms with E-state index in [1.165, 1.54) is 0 Å². The lowest BCUT2D eigenvalue weighted by Crippen LogP contribution is -2.00. The van der Waals surface area contributed by atoms with E-state index in [-0.39, 0.29) is 6.61 Å². The summed E-state index contributed by atoms with van der Waals surface area (Å²) in [5.74, 6) is 0. The van der Waals surface area contributed by atoms with E-state index in [9.17, 15) is 0 Å². The summed E-state index contributed by atoms with van der Waals surface area (Å²) in [6.07, 6.45) is 0.696. The summed E-state index contributed by atoms with van der Waals surface area (Å²) in [7, 11) is 0. The smallest absolute Gasteiger partial charge is 0.0924 e. The zero-order valence-electron chi connectivity index (χ0n) is 12.3. The van der Waals surface area contributed by atoms with Gasteiger partial charge in [0.1, 0.15) is 0 Å². The van der Waals surface area contributed by atoms with Crippen molar-refractivity contribution < 1.29 is 5.11 Å². The van der Waals surface area contributed by atoms with Crippen LogP contribution >= 0.6 is 0 Å². The summed E-state index contributed by atoms with van der Waals surface area (Å²) in [6, 6.07) is 20.3. The summed E-state index contributed by atoms with van der Waals surface area (Å²) in [5, 5.41) is 19.7. The van der Waals surface area contributed by atoms with Crippen LogP contribution in [-0.2, 0) is 13.0 Å². The van der Waals surface area contributed by atoms with Gasteiger partial charge in [0, 0.05) is 17.9 Å². The Morgan fingerprint density at radius 1 is 1.00 bits per heavy atom. The first-order valence-corrected chi connectivity index (χ1v) is 7.38. The van der Waals surface area contributed by atoms with Crippen molar-refractivity contribution in [2.45, 2.75) is 13.0 Å². The fourth-order valence-corrected chi connectivity index (χ4v) is 2.32. The minimum Gasteiger partial charge on any atom is -0.396 e. The Balaban J connectivity index is 1.61. The van der Waals surface area contributed by atoms with Gasteiger partial charge < -0.3 is 10.4 Å². The van der Waals surface area contributed by atoms with Crippen LogP contribution in [-0.4, -0.2) is 21.9 Å². The number of aliphatic hydroxyl groups is 1. The molecule has 1 aromatic heterocycles. The minimum atomic E-state index is 0.184. The lowest BCUT2D eigenvalue weighted by molar-refractivity contribution is 0.299. The van der Waals surface area contributed by atoms with Crippen molar-refractivity contribution in [3.63, 3.8) is 0 Å². The number of H-pyrrole nitrogens is 1. The van der Waals surface area contributed by atoms with Crippen LogP contribution in [0.1, 0.15) is 11.3 Å². The Morgan fingerprint density at radius 3 is 2.50 bits per heavy atom. The maximum Gasteiger partial charge on any atom is 0.0924 e. The second kappa shape index (κ2) is 6.91. The molecular formula is C18H19N3O. The highest BCUT2D eigenvalue weighted by Gasteiger charge is 2.03. The molecule has 4 heteroatoms. The van der Waals surface area contributed by atoms with Crippen LogP contribution in [0.5, 0.6) is 0 Å². The molecule has 112 valence electrons. The van der Waals surface area contributed by atoms with Crippen molar-refractivity contribution in [2.75, 3.05) is 11.9 Å². The monoisotopic (exact) mass is 293 g/mol. The van der Waals surface area contributed by atoms with Crippen LogP contribution in [0.25, 0.3) is 11.3 Å². The molecule has 4 nitrogen and oxygen atoms in total. The predicted octanol–water partition coefficient (Wildman–Crippen LogP) is 3.22. The maximum atomic E-state index is 8.91. The topological polar surface area (TPSA) is 60.9 Å². The van der Waals surface area contributed by atoms with Gasteiger partial charge in [0.15, 0.2) is 0 Å². The molecule has 0 saturated carbocycles. The third kappa shape index (κ3) is 3.54. The molecule has 0 radical (unpaired) electrons. The van der Waals surface area contributed by atoms with E-state index in [2.05, 4.69) is 21.6 Å². The lowest BCUT2D eigenvalue weighted by atomic mass is 10.1. The fourth-order valence-electron chi connectivity index (χ4n) is 2.32. The Labute approximate surface area is 129 Å². The van der Waals surface area contributed by atoms with Gasteiger partial charge in [0.25, 0.3) is 0 Å². The highest BCUT2D eigenvalue weighted by atomic mass is 16.2. The molecule has 0 saturated heterocycles. The van der Waals surface area contributed by atoms with E-state index in [4.69, 9.17) is 5.11 Å². The highest BCUT2D eigenvalue weighted by molar-refractivity contribution is 5.59. The average molecular weight is 293 g/mol. The van der Waals surface area contributed by atoms with E-state index in [1.54, 1.807) is 0 Å². The number of anilines is 1. The van der Waals surface area contributed by atoms with Crippen LogP contribution in [0.2, 0.25) is 0 Å². The molecule has 3 rings (SSSR count). The normalized spacial score (nSPS) is 10.6. The third-order valence-corrected chi connectivity index (χ3v) is 3.54. The molecular weight excluding hydrogens is 274 g/mol. The van der Waals surface area contributed by atoms with Gasteiger partial charge in [-0.2, -0.15) is 5.10 Å². The summed E-state index contributed by atoms with van der Waals surface area (Å²) < 4.78 is 0. The number of nitrogens with one attached hydrogen (secondary N) is 2. The molecule has 1 heterocycles. The standard InChI is InChI=1S/C18H19N3O/c22-11-10-14-6-8-16(9-7-14)19-13-17-12-18(21-20-17)15-4-2-1-3-5-15/h1-9,12,19,22H,10-11,13H2,(H,20,21). The second-order valence-corrected chi connectivity index (χ2v) is 5.17. The molecule has 0 atom stereocenters. The quantitative estimate of drug-likeness (QED) is 0.654. The first-order chi connectivity index (χ1) is 10.8. The van der Waals surface area contributed by atoms with Crippen molar-refractivity contribution in [3.8, 4) is 11.3 Å². The van der Waals surface area contributed by atoms with Gasteiger partial charge in [-0.1, -0.05) is 42.5 Å². The predicted molar refractivity (Wildman–Crippen MR) is 88.6 cm³/mol. The van der Waals surface area contributed by atoms with Crippen molar-refractivity contribution in [1.29, 1.82) is 0 Å². The van der Waals surface area contributed by atoms with E-state index in [0.29, 0.717) is 13.0 Å². The summed E-state index contributed by atoms with van der Waals surface area (Å²) in [5.41, 5.74) is 5.30. The number of nitrogens with zero attached hydrogens (tertiary/aromatic N) is 1. The van der Waals surface area contributed by atoms with Gasteiger partial charge >= 0.3 is 0 Å². The minimum absolute atomic E-state index is 0.184. The van der Waals surface area contributed by atoms with Crippen LogP contribution in [0.3, 0.4) is 0 Å². The van der Waals surface area contributed by atoms with E-state index in [1.807, 2.05) is 54.6 Å². The molecule has 0 aliphatic heterocycles. The third-order valence-electron chi connectivity index (χ3n) is 3.54. The number of hydrogen-bond donors (Lipinski definition) is 3. The van der Waals surface area contributed by atoms with Gasteiger partial charge in [-0.25, -0.2) is 0 Å². The van der Waals surface area contributed by atoms with Crippen LogP contribution in [0, 0.1) is 0 Å². The van der Waals surface area contributed by atoms with E-state index >= 15 is 0 Å². The summed E-state index contributed by atoms with van der Waals surface area (Å²) in [6.45, 7) is 0.877. The van der Waals surface area contributed by atoms with Crippen LogP contribution in [0.15, 0.2) is 60.7 Å². The number of benzene rings is 2. The Bertz CT molecular complexity index is 705. The number of aromatic amines is 1. The number of rotatable bonds is 6. The van der Waals surface area contributed by atoms with Gasteiger partial charge in [-0.15, -0.1) is 0 Å². The molecule has 0 fully saturated rings. The SMILES string of the molecule is OCCc1ccc(NCc2cc(-c3ccccc3)n[nH]2)cc1. The Kier molecular flexibility index (Phi) is 4.51. The second-order valence-electron chi connectivity index (χ2n) is 5.17. The maximum absolute atomic E-state index is 8.91. The molecule has 0 aliphatic carbocycles. The fraction of sp³-hybridized carbons (Fsp3) is 0.167. The summed E-state index contributed by atoms with van der Waals surface area (Å²) in [4.78, 5) is 0. The highest BCUT2D eigenvalue weighted by Crippen LogP contribution is 2.17. The molecule has 0 aliphatic rings. The van der Waals surface area contributed by atoms with Gasteiger partial charge in [-0.05, 0) is 30.2 Å². The van der Waals surface area contributed by atoms with Crippen LogP contribution < -0.4 is 5.32 Å². The molecule has 22 heavy (non-hydrogen) atoms. The van der Waals surface area contributed by atoms with Crippen molar-refractivity contribution in [2.24, 2.45) is 0 Å². The first kappa shape index (κ1) is 14.4. The molecule has 2 aromatic carbocycles. The largest absolute Gasteiger partial charge is 0.396 e. The van der Waals surface area contributed by atoms with Gasteiger partial charge in [0.05, 0.1) is 17.9 Å². The first-order valence-electron chi connectivity index (χ1n) is 7.38. The Hall–Kier alpha value is -2.59. The average Bonchev–Trinajstić information content (AvgIpc) is 3.04. The molecule has 0 unspecified atom stereocenters. The van der Waals surface area contributed by atoms with E-state index < -0.39 is 0 Å². The number of aliphatic hydroxyl groups excluding tert-OH is 1. The number of hydrogen-bond acceptors (Lipinski definition) is 3. The summed E-state index contributed by atoms with van der Waals surface area (Å²) >= 11 is 0. The van der Waals surface area contributed by atoms with Gasteiger partial charge in [0.2, 0.25) is 0 Å². The van der Waals surface area contributed by atoms with E-state index in [0.717, 1.165) is 28.2 Å². The molecule has 0 bridgehead atoms. The van der Waals surface area contributed by atoms with Crippen LogP contribution in [0.4, 0.5) is 5.69 Å². The Morgan fingerprint density at radius 2 is 1.77 bits per heavy atom. The van der Waals surface area contributed by atoms with Gasteiger partial charge in [-0.3, -0.25) is 5.10 Å². The molecule has 3 N–H and O–H groups in total. The molecule has 0 amide bonds.